The molecule has 0 saturated carbocycles. The Kier molecular flexibility index (Phi) is 6.85. The highest BCUT2D eigenvalue weighted by Gasteiger charge is 2.18. The van der Waals surface area contributed by atoms with Gasteiger partial charge in [-0.2, -0.15) is 5.10 Å². The molecule has 1 aliphatic heterocycles. The van der Waals surface area contributed by atoms with Crippen LogP contribution in [0.25, 0.3) is 33.3 Å². The number of benzene rings is 1. The number of fused-ring (bicyclic) bond motifs is 1. The Balaban J connectivity index is 1.18. The van der Waals surface area contributed by atoms with E-state index in [0.717, 1.165) is 84.0 Å². The quantitative estimate of drug-likeness (QED) is 0.332. The number of rotatable bonds is 8. The van der Waals surface area contributed by atoms with E-state index in [9.17, 15) is 4.39 Å². The Hall–Kier alpha value is -4.08. The highest BCUT2D eigenvalue weighted by molar-refractivity contribution is 5.95. The fraction of sp³-hybridized carbons (Fsp3) is 0.276. The van der Waals surface area contributed by atoms with E-state index < -0.39 is 0 Å². The van der Waals surface area contributed by atoms with Gasteiger partial charge in [0.1, 0.15) is 17.3 Å². The number of hydrogen-bond donors (Lipinski definition) is 1. The van der Waals surface area contributed by atoms with Crippen molar-refractivity contribution in [2.45, 2.75) is 6.54 Å². The summed E-state index contributed by atoms with van der Waals surface area (Å²) in [5.41, 5.74) is 5.72. The smallest absolute Gasteiger partial charge is 0.137 e. The Morgan fingerprint density at radius 3 is 2.61 bits per heavy atom. The van der Waals surface area contributed by atoms with Crippen molar-refractivity contribution in [2.75, 3.05) is 51.3 Å². The summed E-state index contributed by atoms with van der Waals surface area (Å²) in [5.74, 6) is 0.760. The molecular formula is C29H30FN7O. The average Bonchev–Trinajstić information content (AvgIpc) is 3.59. The topological polar surface area (TPSA) is 75.1 Å². The second-order valence-corrected chi connectivity index (χ2v) is 9.61. The Morgan fingerprint density at radius 2 is 1.82 bits per heavy atom. The van der Waals surface area contributed by atoms with E-state index in [4.69, 9.17) is 9.72 Å². The zero-order valence-corrected chi connectivity index (χ0v) is 21.3. The minimum absolute atomic E-state index is 0.242. The number of pyridine rings is 2. The van der Waals surface area contributed by atoms with Crippen molar-refractivity contribution in [3.63, 3.8) is 0 Å². The number of nitrogens with zero attached hydrogens (tertiary/aromatic N) is 6. The fourth-order valence-corrected chi connectivity index (χ4v) is 4.98. The minimum Gasteiger partial charge on any atom is -0.383 e. The summed E-state index contributed by atoms with van der Waals surface area (Å²) >= 11 is 0. The first-order valence-electron chi connectivity index (χ1n) is 12.8. The van der Waals surface area contributed by atoms with Crippen LogP contribution in [0.3, 0.4) is 0 Å². The van der Waals surface area contributed by atoms with Crippen molar-refractivity contribution in [1.82, 2.24) is 29.6 Å². The Bertz CT molecular complexity index is 1520. The molecule has 5 aromatic rings. The summed E-state index contributed by atoms with van der Waals surface area (Å²) < 4.78 is 20.6. The van der Waals surface area contributed by atoms with Crippen LogP contribution in [0, 0.1) is 5.82 Å². The molecule has 0 bridgehead atoms. The standard InChI is InChI=1S/C29H30FN7O/c1-38-12-11-35-7-9-36(10-8-35)28-6-5-22(15-31-28)23-14-26-27(18-33-29(26)32-16-23)24-17-34-37(20-24)19-21-3-2-4-25(30)13-21/h2-6,13-18,20H,7-12,19H2,1H3,(H,32,33). The fourth-order valence-electron chi connectivity index (χ4n) is 4.98. The van der Waals surface area contributed by atoms with Gasteiger partial charge in [-0.25, -0.2) is 14.4 Å². The van der Waals surface area contributed by atoms with E-state index in [1.165, 1.54) is 12.1 Å². The second-order valence-electron chi connectivity index (χ2n) is 9.61. The first-order chi connectivity index (χ1) is 18.7. The van der Waals surface area contributed by atoms with Crippen molar-refractivity contribution < 1.29 is 9.13 Å². The molecule has 4 aromatic heterocycles. The maximum absolute atomic E-state index is 13.6. The molecule has 5 heterocycles. The number of anilines is 1. The molecule has 0 radical (unpaired) electrons. The van der Waals surface area contributed by atoms with Gasteiger partial charge < -0.3 is 14.6 Å². The first-order valence-corrected chi connectivity index (χ1v) is 12.8. The van der Waals surface area contributed by atoms with E-state index >= 15 is 0 Å². The molecule has 0 aliphatic carbocycles. The number of ether oxygens (including phenoxy) is 1. The monoisotopic (exact) mass is 511 g/mol. The summed E-state index contributed by atoms with van der Waals surface area (Å²) in [7, 11) is 1.75. The van der Waals surface area contributed by atoms with Gasteiger partial charge in [0.2, 0.25) is 0 Å². The summed E-state index contributed by atoms with van der Waals surface area (Å²) in [6.45, 7) is 6.20. The van der Waals surface area contributed by atoms with Gasteiger partial charge in [-0.1, -0.05) is 12.1 Å². The highest BCUT2D eigenvalue weighted by atomic mass is 19.1. The second kappa shape index (κ2) is 10.7. The molecule has 0 atom stereocenters. The maximum atomic E-state index is 13.6. The third kappa shape index (κ3) is 5.16. The number of aromatic nitrogens is 5. The number of H-pyrrole nitrogens is 1. The van der Waals surface area contributed by atoms with Crippen molar-refractivity contribution in [2.24, 2.45) is 0 Å². The zero-order valence-electron chi connectivity index (χ0n) is 21.3. The van der Waals surface area contributed by atoms with E-state index in [-0.39, 0.29) is 5.82 Å². The van der Waals surface area contributed by atoms with Gasteiger partial charge in [0.05, 0.1) is 19.3 Å². The van der Waals surface area contributed by atoms with Gasteiger partial charge in [0.15, 0.2) is 0 Å². The largest absolute Gasteiger partial charge is 0.383 e. The predicted molar refractivity (Wildman–Crippen MR) is 147 cm³/mol. The molecule has 1 saturated heterocycles. The number of methoxy groups -OCH3 is 1. The molecule has 0 unspecified atom stereocenters. The molecule has 9 heteroatoms. The molecule has 0 amide bonds. The molecule has 6 rings (SSSR count). The van der Waals surface area contributed by atoms with E-state index in [1.54, 1.807) is 13.2 Å². The Labute approximate surface area is 220 Å². The molecule has 1 fully saturated rings. The lowest BCUT2D eigenvalue weighted by Gasteiger charge is -2.35. The summed E-state index contributed by atoms with van der Waals surface area (Å²) in [6, 6.07) is 12.9. The van der Waals surface area contributed by atoms with Crippen molar-refractivity contribution in [3.8, 4) is 22.3 Å². The number of hydrogen-bond acceptors (Lipinski definition) is 6. The summed E-state index contributed by atoms with van der Waals surface area (Å²) in [5, 5.41) is 5.51. The lowest BCUT2D eigenvalue weighted by Crippen LogP contribution is -2.47. The lowest BCUT2D eigenvalue weighted by atomic mass is 10.1. The third-order valence-corrected chi connectivity index (χ3v) is 7.10. The van der Waals surface area contributed by atoms with Crippen LogP contribution in [0.2, 0.25) is 0 Å². The average molecular weight is 512 g/mol. The molecular weight excluding hydrogens is 481 g/mol. The van der Waals surface area contributed by atoms with Gasteiger partial charge in [-0.3, -0.25) is 9.58 Å². The van der Waals surface area contributed by atoms with Crippen LogP contribution in [-0.2, 0) is 11.3 Å². The van der Waals surface area contributed by atoms with Crippen molar-refractivity contribution >= 4 is 16.9 Å². The lowest BCUT2D eigenvalue weighted by molar-refractivity contribution is 0.144. The van der Waals surface area contributed by atoms with Crippen LogP contribution >= 0.6 is 0 Å². The van der Waals surface area contributed by atoms with Crippen LogP contribution in [0.15, 0.2) is 73.4 Å². The van der Waals surface area contributed by atoms with Gasteiger partial charge in [-0.05, 0) is 35.9 Å². The molecule has 1 aromatic carbocycles. The molecule has 8 nitrogen and oxygen atoms in total. The van der Waals surface area contributed by atoms with Crippen LogP contribution in [-0.4, -0.2) is 76.1 Å². The number of nitrogens with one attached hydrogen (secondary N) is 1. The molecule has 0 spiro atoms. The SMILES string of the molecule is COCCN1CCN(c2ccc(-c3cnc4[nH]cc(-c5cnn(Cc6cccc(F)c6)c5)c4c3)cn2)CC1. The summed E-state index contributed by atoms with van der Waals surface area (Å²) in [6.07, 6.45) is 9.57. The number of piperazine rings is 1. The highest BCUT2D eigenvalue weighted by Crippen LogP contribution is 2.31. The van der Waals surface area contributed by atoms with Gasteiger partial charge >= 0.3 is 0 Å². The summed E-state index contributed by atoms with van der Waals surface area (Å²) in [4.78, 5) is 17.5. The van der Waals surface area contributed by atoms with Gasteiger partial charge in [0.25, 0.3) is 0 Å². The first kappa shape index (κ1) is 24.3. The van der Waals surface area contributed by atoms with Crippen molar-refractivity contribution in [1.29, 1.82) is 0 Å². The molecule has 194 valence electrons. The molecule has 1 aliphatic rings. The van der Waals surface area contributed by atoms with Gasteiger partial charge in [-0.15, -0.1) is 0 Å². The minimum atomic E-state index is -0.242. The zero-order chi connectivity index (χ0) is 25.9. The number of halogens is 1. The number of aromatic amines is 1. The molecule has 38 heavy (non-hydrogen) atoms. The van der Waals surface area contributed by atoms with Crippen LogP contribution in [0.4, 0.5) is 10.2 Å². The van der Waals surface area contributed by atoms with Crippen LogP contribution in [0.1, 0.15) is 5.56 Å². The van der Waals surface area contributed by atoms with Crippen molar-refractivity contribution in [3.05, 3.63) is 84.8 Å². The van der Waals surface area contributed by atoms with E-state index in [0.29, 0.717) is 6.54 Å². The third-order valence-electron chi connectivity index (χ3n) is 7.10. The van der Waals surface area contributed by atoms with E-state index in [1.807, 2.05) is 41.7 Å². The van der Waals surface area contributed by atoms with E-state index in [2.05, 4.69) is 43.1 Å². The maximum Gasteiger partial charge on any atom is 0.137 e. The normalized spacial score (nSPS) is 14.4. The molecule has 1 N–H and O–H groups in total. The van der Waals surface area contributed by atoms with Crippen LogP contribution < -0.4 is 4.90 Å². The Morgan fingerprint density at radius 1 is 0.947 bits per heavy atom. The van der Waals surface area contributed by atoms with Gasteiger partial charge in [0, 0.05) is 92.3 Å². The predicted octanol–water partition coefficient (Wildman–Crippen LogP) is 4.44. The van der Waals surface area contributed by atoms with Crippen LogP contribution in [0.5, 0.6) is 0 Å².